The smallest absolute Gasteiger partial charge is 0.222 e. The van der Waals surface area contributed by atoms with E-state index < -0.39 is 0 Å². The molecule has 0 radical (unpaired) electrons. The number of carbonyl (C=O) groups is 1. The first-order valence-electron chi connectivity index (χ1n) is 8.59. The molecule has 24 heavy (non-hydrogen) atoms. The molecule has 1 amide bonds. The number of nitrogens with zero attached hydrogens (tertiary/aromatic N) is 1. The van der Waals surface area contributed by atoms with Gasteiger partial charge in [0.05, 0.1) is 20.3 Å². The SMILES string of the molecule is COc1cccc(CCC(=O)N(C)C2CCC(OC)CC2)c1OC. The molecular weight excluding hydrogens is 306 g/mol. The van der Waals surface area contributed by atoms with Crippen molar-refractivity contribution in [2.24, 2.45) is 0 Å². The molecule has 0 heterocycles. The van der Waals surface area contributed by atoms with Crippen molar-refractivity contribution in [1.29, 1.82) is 0 Å². The van der Waals surface area contributed by atoms with E-state index in [1.165, 1.54) is 0 Å². The minimum absolute atomic E-state index is 0.181. The van der Waals surface area contributed by atoms with E-state index in [2.05, 4.69) is 0 Å². The number of aryl methyl sites for hydroxylation is 1. The van der Waals surface area contributed by atoms with Crippen molar-refractivity contribution < 1.29 is 19.0 Å². The zero-order valence-corrected chi connectivity index (χ0v) is 15.2. The van der Waals surface area contributed by atoms with Gasteiger partial charge in [0.25, 0.3) is 0 Å². The Bertz CT molecular complexity index is 538. The van der Waals surface area contributed by atoms with Crippen LogP contribution < -0.4 is 9.47 Å². The lowest BCUT2D eigenvalue weighted by Gasteiger charge is -2.34. The van der Waals surface area contributed by atoms with Gasteiger partial charge in [0.2, 0.25) is 5.91 Å². The fourth-order valence-electron chi connectivity index (χ4n) is 3.44. The molecule has 1 fully saturated rings. The first-order valence-corrected chi connectivity index (χ1v) is 8.59. The maximum atomic E-state index is 12.5. The highest BCUT2D eigenvalue weighted by molar-refractivity contribution is 5.76. The molecule has 0 aliphatic heterocycles. The van der Waals surface area contributed by atoms with Gasteiger partial charge >= 0.3 is 0 Å². The van der Waals surface area contributed by atoms with E-state index in [4.69, 9.17) is 14.2 Å². The Hall–Kier alpha value is -1.75. The zero-order chi connectivity index (χ0) is 17.5. The molecule has 1 aromatic carbocycles. The number of para-hydroxylation sites is 1. The molecule has 0 unspecified atom stereocenters. The number of benzene rings is 1. The first-order chi connectivity index (χ1) is 11.6. The van der Waals surface area contributed by atoms with Crippen molar-refractivity contribution in [3.05, 3.63) is 23.8 Å². The predicted octanol–water partition coefficient (Wildman–Crippen LogP) is 3.05. The van der Waals surface area contributed by atoms with Crippen molar-refractivity contribution in [3.63, 3.8) is 0 Å². The van der Waals surface area contributed by atoms with Crippen LogP contribution in [0.25, 0.3) is 0 Å². The lowest BCUT2D eigenvalue weighted by Crippen LogP contribution is -2.40. The van der Waals surface area contributed by atoms with E-state index in [0.717, 1.165) is 37.0 Å². The van der Waals surface area contributed by atoms with Crippen molar-refractivity contribution in [2.75, 3.05) is 28.4 Å². The molecule has 0 bridgehead atoms. The Balaban J connectivity index is 1.91. The highest BCUT2D eigenvalue weighted by atomic mass is 16.5. The Morgan fingerprint density at radius 3 is 2.42 bits per heavy atom. The average Bonchev–Trinajstić information content (AvgIpc) is 2.64. The van der Waals surface area contributed by atoms with E-state index >= 15 is 0 Å². The summed E-state index contributed by atoms with van der Waals surface area (Å²) in [6.07, 6.45) is 5.57. The minimum Gasteiger partial charge on any atom is -0.493 e. The quantitative estimate of drug-likeness (QED) is 0.768. The molecule has 0 atom stereocenters. The number of rotatable bonds is 7. The van der Waals surface area contributed by atoms with Crippen LogP contribution in [0.5, 0.6) is 11.5 Å². The van der Waals surface area contributed by atoms with Crippen LogP contribution in [0.4, 0.5) is 0 Å². The van der Waals surface area contributed by atoms with Gasteiger partial charge in [-0.25, -0.2) is 0 Å². The van der Waals surface area contributed by atoms with Gasteiger partial charge in [-0.1, -0.05) is 12.1 Å². The van der Waals surface area contributed by atoms with Gasteiger partial charge in [0.15, 0.2) is 11.5 Å². The van der Waals surface area contributed by atoms with Crippen LogP contribution in [0.15, 0.2) is 18.2 Å². The molecule has 1 aliphatic carbocycles. The van der Waals surface area contributed by atoms with Gasteiger partial charge in [-0.05, 0) is 43.7 Å². The zero-order valence-electron chi connectivity index (χ0n) is 15.2. The predicted molar refractivity (Wildman–Crippen MR) is 93.7 cm³/mol. The van der Waals surface area contributed by atoms with Crippen molar-refractivity contribution >= 4 is 5.91 Å². The standard InChI is InChI=1S/C19H29NO4/c1-20(15-9-11-16(22-2)12-10-15)18(21)13-8-14-6-5-7-17(23-3)19(14)24-4/h5-7,15-16H,8-13H2,1-4H3. The number of hydrogen-bond acceptors (Lipinski definition) is 4. The molecule has 5 nitrogen and oxygen atoms in total. The van der Waals surface area contributed by atoms with E-state index in [0.29, 0.717) is 30.7 Å². The number of methoxy groups -OCH3 is 3. The number of amides is 1. The van der Waals surface area contributed by atoms with Crippen LogP contribution in [0.2, 0.25) is 0 Å². The van der Waals surface area contributed by atoms with Gasteiger partial charge in [-0.15, -0.1) is 0 Å². The minimum atomic E-state index is 0.181. The summed E-state index contributed by atoms with van der Waals surface area (Å²) < 4.78 is 16.2. The fourth-order valence-corrected chi connectivity index (χ4v) is 3.44. The third kappa shape index (κ3) is 4.41. The third-order valence-corrected chi connectivity index (χ3v) is 5.01. The first kappa shape index (κ1) is 18.6. The molecule has 1 aromatic rings. The summed E-state index contributed by atoms with van der Waals surface area (Å²) in [4.78, 5) is 14.5. The molecular formula is C19H29NO4. The van der Waals surface area contributed by atoms with Crippen LogP contribution in [-0.4, -0.2) is 51.3 Å². The summed E-state index contributed by atoms with van der Waals surface area (Å²) >= 11 is 0. The van der Waals surface area contributed by atoms with Gasteiger partial charge in [0.1, 0.15) is 0 Å². The van der Waals surface area contributed by atoms with E-state index in [1.807, 2.05) is 30.1 Å². The molecule has 0 aromatic heterocycles. The molecule has 0 N–H and O–H groups in total. The lowest BCUT2D eigenvalue weighted by atomic mass is 9.92. The molecule has 134 valence electrons. The second-order valence-electron chi connectivity index (χ2n) is 6.32. The van der Waals surface area contributed by atoms with Gasteiger partial charge in [-0.3, -0.25) is 4.79 Å². The summed E-state index contributed by atoms with van der Waals surface area (Å²) in [6, 6.07) is 6.11. The monoisotopic (exact) mass is 335 g/mol. The van der Waals surface area contributed by atoms with Crippen LogP contribution in [0.3, 0.4) is 0 Å². The lowest BCUT2D eigenvalue weighted by molar-refractivity contribution is -0.133. The molecule has 0 spiro atoms. The van der Waals surface area contributed by atoms with Crippen molar-refractivity contribution in [2.45, 2.75) is 50.7 Å². The number of carbonyl (C=O) groups excluding carboxylic acids is 1. The van der Waals surface area contributed by atoms with Crippen molar-refractivity contribution in [3.8, 4) is 11.5 Å². The Labute approximate surface area is 144 Å². The molecule has 0 saturated heterocycles. The Morgan fingerprint density at radius 2 is 1.83 bits per heavy atom. The van der Waals surface area contributed by atoms with Crippen LogP contribution in [0, 0.1) is 0 Å². The normalized spacial score (nSPS) is 20.5. The number of ether oxygens (including phenoxy) is 3. The topological polar surface area (TPSA) is 48.0 Å². The Kier molecular flexibility index (Phi) is 6.91. The summed E-state index contributed by atoms with van der Waals surface area (Å²) in [5, 5.41) is 0. The van der Waals surface area contributed by atoms with Gasteiger partial charge in [-0.2, -0.15) is 0 Å². The largest absolute Gasteiger partial charge is 0.493 e. The maximum absolute atomic E-state index is 12.5. The van der Waals surface area contributed by atoms with Gasteiger partial charge < -0.3 is 19.1 Å². The second kappa shape index (κ2) is 8.92. The Morgan fingerprint density at radius 1 is 1.12 bits per heavy atom. The number of hydrogen-bond donors (Lipinski definition) is 0. The average molecular weight is 335 g/mol. The van der Waals surface area contributed by atoms with E-state index in [1.54, 1.807) is 21.3 Å². The highest BCUT2D eigenvalue weighted by Crippen LogP contribution is 2.31. The summed E-state index contributed by atoms with van der Waals surface area (Å²) in [5.74, 6) is 1.60. The van der Waals surface area contributed by atoms with Gasteiger partial charge in [0, 0.05) is 26.6 Å². The summed E-state index contributed by atoms with van der Waals surface area (Å²) in [5.41, 5.74) is 1.00. The highest BCUT2D eigenvalue weighted by Gasteiger charge is 2.26. The second-order valence-corrected chi connectivity index (χ2v) is 6.32. The van der Waals surface area contributed by atoms with Crippen LogP contribution >= 0.6 is 0 Å². The maximum Gasteiger partial charge on any atom is 0.222 e. The van der Waals surface area contributed by atoms with Crippen LogP contribution in [0.1, 0.15) is 37.7 Å². The van der Waals surface area contributed by atoms with E-state index in [-0.39, 0.29) is 5.91 Å². The van der Waals surface area contributed by atoms with Crippen LogP contribution in [-0.2, 0) is 16.0 Å². The van der Waals surface area contributed by atoms with E-state index in [9.17, 15) is 4.79 Å². The summed E-state index contributed by atoms with van der Waals surface area (Å²) in [7, 11) is 6.94. The third-order valence-electron chi connectivity index (χ3n) is 5.01. The molecule has 1 saturated carbocycles. The summed E-state index contributed by atoms with van der Waals surface area (Å²) in [6.45, 7) is 0. The fraction of sp³-hybridized carbons (Fsp3) is 0.632. The molecule has 5 heteroatoms. The molecule has 1 aliphatic rings. The molecule has 2 rings (SSSR count). The van der Waals surface area contributed by atoms with Crippen molar-refractivity contribution in [1.82, 2.24) is 4.90 Å².